The number of nitrogens with zero attached hydrogens (tertiary/aromatic N) is 3. The molecule has 0 aliphatic heterocycles. The van der Waals surface area contributed by atoms with E-state index in [0.717, 1.165) is 15.9 Å². The van der Waals surface area contributed by atoms with Gasteiger partial charge in [-0.05, 0) is 49.4 Å². The third kappa shape index (κ3) is 3.44. The summed E-state index contributed by atoms with van der Waals surface area (Å²) in [5, 5.41) is 11.0. The third-order valence-corrected chi connectivity index (χ3v) is 4.15. The van der Waals surface area contributed by atoms with Gasteiger partial charge in [-0.2, -0.15) is 0 Å². The number of hydrogen-bond donors (Lipinski definition) is 0. The lowest BCUT2D eigenvalue weighted by Crippen LogP contribution is -1.97. The fraction of sp³-hybridized carbons (Fsp3) is 0.0556. The standard InChI is InChI=1S/C18H14BrN3O2/c1-13-4-7-15(11-18(13)22(23)24)20-12-17-3-2-10-21(17)16-8-5-14(19)6-9-16/h2-12H,1H3. The van der Waals surface area contributed by atoms with E-state index >= 15 is 0 Å². The quantitative estimate of drug-likeness (QED) is 0.352. The van der Waals surface area contributed by atoms with Crippen LogP contribution in [0.5, 0.6) is 0 Å². The van der Waals surface area contributed by atoms with Crippen LogP contribution in [0.25, 0.3) is 5.69 Å². The van der Waals surface area contributed by atoms with E-state index < -0.39 is 4.92 Å². The van der Waals surface area contributed by atoms with Gasteiger partial charge in [0.2, 0.25) is 0 Å². The van der Waals surface area contributed by atoms with Crippen molar-refractivity contribution in [1.29, 1.82) is 0 Å². The van der Waals surface area contributed by atoms with Gasteiger partial charge in [0.05, 0.1) is 22.5 Å². The van der Waals surface area contributed by atoms with Crippen molar-refractivity contribution < 1.29 is 4.92 Å². The first-order valence-electron chi connectivity index (χ1n) is 7.27. The van der Waals surface area contributed by atoms with Gasteiger partial charge >= 0.3 is 0 Å². The molecule has 0 atom stereocenters. The summed E-state index contributed by atoms with van der Waals surface area (Å²) < 4.78 is 3.01. The lowest BCUT2D eigenvalue weighted by atomic mass is 10.2. The second-order valence-electron chi connectivity index (χ2n) is 5.27. The normalized spacial score (nSPS) is 11.1. The Morgan fingerprint density at radius 2 is 1.92 bits per heavy atom. The molecule has 0 N–H and O–H groups in total. The number of rotatable bonds is 4. The zero-order valence-corrected chi connectivity index (χ0v) is 14.5. The zero-order valence-electron chi connectivity index (χ0n) is 12.9. The molecule has 0 amide bonds. The Hall–Kier alpha value is -2.73. The molecule has 0 spiro atoms. The third-order valence-electron chi connectivity index (χ3n) is 3.62. The molecule has 0 unspecified atom stereocenters. The largest absolute Gasteiger partial charge is 0.316 e. The average molecular weight is 384 g/mol. The Morgan fingerprint density at radius 3 is 2.62 bits per heavy atom. The van der Waals surface area contributed by atoms with Crippen LogP contribution in [0.4, 0.5) is 11.4 Å². The molecule has 0 bridgehead atoms. The fourth-order valence-corrected chi connectivity index (χ4v) is 2.62. The molecule has 3 rings (SSSR count). The van der Waals surface area contributed by atoms with E-state index in [4.69, 9.17) is 0 Å². The number of benzene rings is 2. The van der Waals surface area contributed by atoms with Gasteiger partial charge in [-0.1, -0.05) is 22.0 Å². The predicted molar refractivity (Wildman–Crippen MR) is 98.6 cm³/mol. The predicted octanol–water partition coefficient (Wildman–Crippen LogP) is 5.21. The number of aromatic nitrogens is 1. The molecule has 24 heavy (non-hydrogen) atoms. The first-order valence-corrected chi connectivity index (χ1v) is 8.06. The van der Waals surface area contributed by atoms with Crippen molar-refractivity contribution in [3.63, 3.8) is 0 Å². The van der Waals surface area contributed by atoms with E-state index in [1.807, 2.05) is 47.2 Å². The molecule has 3 aromatic rings. The maximum absolute atomic E-state index is 11.0. The lowest BCUT2D eigenvalue weighted by molar-refractivity contribution is -0.385. The van der Waals surface area contributed by atoms with E-state index in [1.54, 1.807) is 25.3 Å². The van der Waals surface area contributed by atoms with Gasteiger partial charge in [0, 0.05) is 28.0 Å². The van der Waals surface area contributed by atoms with Crippen LogP contribution in [-0.2, 0) is 0 Å². The summed E-state index contributed by atoms with van der Waals surface area (Å²) in [7, 11) is 0. The monoisotopic (exact) mass is 383 g/mol. The number of nitro groups is 1. The second kappa shape index (κ2) is 6.80. The number of aliphatic imine (C=N–C) groups is 1. The molecule has 120 valence electrons. The van der Waals surface area contributed by atoms with E-state index in [9.17, 15) is 10.1 Å². The second-order valence-corrected chi connectivity index (χ2v) is 6.18. The van der Waals surface area contributed by atoms with Crippen LogP contribution < -0.4 is 0 Å². The van der Waals surface area contributed by atoms with Crippen LogP contribution in [0.3, 0.4) is 0 Å². The Morgan fingerprint density at radius 1 is 1.17 bits per heavy atom. The molecule has 5 nitrogen and oxygen atoms in total. The molecule has 1 heterocycles. The molecule has 2 aromatic carbocycles. The van der Waals surface area contributed by atoms with Crippen molar-refractivity contribution in [2.24, 2.45) is 4.99 Å². The number of halogens is 1. The Balaban J connectivity index is 1.91. The molecule has 0 aliphatic rings. The van der Waals surface area contributed by atoms with E-state index in [2.05, 4.69) is 20.9 Å². The SMILES string of the molecule is Cc1ccc(N=Cc2cccn2-c2ccc(Br)cc2)cc1[N+](=O)[O-]. The van der Waals surface area contributed by atoms with Crippen LogP contribution >= 0.6 is 15.9 Å². The minimum atomic E-state index is -0.390. The smallest absolute Gasteiger partial charge is 0.274 e. The van der Waals surface area contributed by atoms with Gasteiger partial charge in [-0.25, -0.2) is 0 Å². The van der Waals surface area contributed by atoms with Gasteiger partial charge in [0.25, 0.3) is 5.69 Å². The van der Waals surface area contributed by atoms with Crippen molar-refractivity contribution in [3.05, 3.63) is 86.6 Å². The number of aryl methyl sites for hydroxylation is 1. The summed E-state index contributed by atoms with van der Waals surface area (Å²) in [6.07, 6.45) is 3.65. The van der Waals surface area contributed by atoms with Gasteiger partial charge < -0.3 is 4.57 Å². The van der Waals surface area contributed by atoms with Gasteiger partial charge in [-0.3, -0.25) is 15.1 Å². The number of hydrogen-bond acceptors (Lipinski definition) is 3. The molecule has 0 saturated carbocycles. The molecular weight excluding hydrogens is 370 g/mol. The van der Waals surface area contributed by atoms with Crippen molar-refractivity contribution in [3.8, 4) is 5.69 Å². The van der Waals surface area contributed by atoms with Crippen molar-refractivity contribution >= 4 is 33.5 Å². The molecule has 1 aromatic heterocycles. The Bertz CT molecular complexity index is 914. The van der Waals surface area contributed by atoms with Crippen LogP contribution in [0.1, 0.15) is 11.3 Å². The minimum absolute atomic E-state index is 0.0768. The molecule has 0 radical (unpaired) electrons. The molecular formula is C18H14BrN3O2. The van der Waals surface area contributed by atoms with E-state index in [0.29, 0.717) is 11.3 Å². The van der Waals surface area contributed by atoms with Crippen LogP contribution in [0.2, 0.25) is 0 Å². The highest BCUT2D eigenvalue weighted by Gasteiger charge is 2.10. The average Bonchev–Trinajstić information content (AvgIpc) is 3.03. The molecule has 0 saturated heterocycles. The highest BCUT2D eigenvalue weighted by Crippen LogP contribution is 2.24. The first-order chi connectivity index (χ1) is 11.5. The fourth-order valence-electron chi connectivity index (χ4n) is 2.35. The van der Waals surface area contributed by atoms with Crippen LogP contribution in [0.15, 0.2) is 70.3 Å². The summed E-state index contributed by atoms with van der Waals surface area (Å²) in [5.41, 5.74) is 3.15. The Kier molecular flexibility index (Phi) is 4.57. The van der Waals surface area contributed by atoms with Crippen LogP contribution in [0, 0.1) is 17.0 Å². The summed E-state index contributed by atoms with van der Waals surface area (Å²) >= 11 is 3.42. The van der Waals surface area contributed by atoms with E-state index in [1.165, 1.54) is 6.07 Å². The van der Waals surface area contributed by atoms with Gasteiger partial charge in [0.15, 0.2) is 0 Å². The topological polar surface area (TPSA) is 60.4 Å². The molecule has 6 heteroatoms. The first kappa shape index (κ1) is 16.1. The minimum Gasteiger partial charge on any atom is -0.316 e. The summed E-state index contributed by atoms with van der Waals surface area (Å²) in [4.78, 5) is 15.0. The highest BCUT2D eigenvalue weighted by molar-refractivity contribution is 9.10. The van der Waals surface area contributed by atoms with E-state index in [-0.39, 0.29) is 5.69 Å². The zero-order chi connectivity index (χ0) is 17.1. The van der Waals surface area contributed by atoms with Crippen molar-refractivity contribution in [2.45, 2.75) is 6.92 Å². The van der Waals surface area contributed by atoms with Gasteiger partial charge in [0.1, 0.15) is 0 Å². The van der Waals surface area contributed by atoms with Gasteiger partial charge in [-0.15, -0.1) is 0 Å². The summed E-state index contributed by atoms with van der Waals surface area (Å²) in [5.74, 6) is 0. The van der Waals surface area contributed by atoms with Crippen molar-refractivity contribution in [2.75, 3.05) is 0 Å². The van der Waals surface area contributed by atoms with Crippen LogP contribution in [-0.4, -0.2) is 15.7 Å². The Labute approximate surface area is 147 Å². The molecule has 0 aliphatic carbocycles. The summed E-state index contributed by atoms with van der Waals surface area (Å²) in [6, 6.07) is 16.8. The highest BCUT2D eigenvalue weighted by atomic mass is 79.9. The lowest BCUT2D eigenvalue weighted by Gasteiger charge is -2.06. The maximum Gasteiger partial charge on any atom is 0.274 e. The molecule has 0 fully saturated rings. The number of nitro benzene ring substituents is 1. The maximum atomic E-state index is 11.0. The summed E-state index contributed by atoms with van der Waals surface area (Å²) in [6.45, 7) is 1.71. The van der Waals surface area contributed by atoms with Crippen molar-refractivity contribution in [1.82, 2.24) is 4.57 Å².